The zero-order valence-corrected chi connectivity index (χ0v) is 16.1. The Bertz CT molecular complexity index is 731. The van der Waals surface area contributed by atoms with Gasteiger partial charge in [-0.15, -0.1) is 11.3 Å². The van der Waals surface area contributed by atoms with E-state index in [2.05, 4.69) is 44.3 Å². The lowest BCUT2D eigenvalue weighted by Crippen LogP contribution is -2.44. The highest BCUT2D eigenvalue weighted by molar-refractivity contribution is 7.11. The fourth-order valence-electron chi connectivity index (χ4n) is 2.82. The molecule has 1 atom stereocenters. The highest BCUT2D eigenvalue weighted by atomic mass is 35.5. The van der Waals surface area contributed by atoms with E-state index < -0.39 is 0 Å². The maximum absolute atomic E-state index is 6.26. The molecule has 0 radical (unpaired) electrons. The van der Waals surface area contributed by atoms with E-state index in [1.807, 2.05) is 18.3 Å². The van der Waals surface area contributed by atoms with Gasteiger partial charge in [0.15, 0.2) is 5.96 Å². The molecule has 1 fully saturated rings. The summed E-state index contributed by atoms with van der Waals surface area (Å²) in [6, 6.07) is 4.05. The highest BCUT2D eigenvalue weighted by Crippen LogP contribution is 2.25. The van der Waals surface area contributed by atoms with Crippen LogP contribution in [0.15, 0.2) is 29.5 Å². The van der Waals surface area contributed by atoms with Crippen molar-refractivity contribution in [2.24, 2.45) is 4.99 Å². The number of pyridine rings is 1. The minimum Gasteiger partial charge on any atom is -0.357 e. The number of rotatable bonds is 5. The number of aliphatic imine (C=N–C) groups is 1. The summed E-state index contributed by atoms with van der Waals surface area (Å²) >= 11 is 7.95. The molecule has 0 aromatic carbocycles. The van der Waals surface area contributed by atoms with E-state index >= 15 is 0 Å². The SMILES string of the molecule is CCNC(=NCc1ncc(C)s1)NC1CCN(c2ncccc2Cl)C1. The Kier molecular flexibility index (Phi) is 6.09. The highest BCUT2D eigenvalue weighted by Gasteiger charge is 2.25. The van der Waals surface area contributed by atoms with Gasteiger partial charge in [-0.25, -0.2) is 15.0 Å². The van der Waals surface area contributed by atoms with Crippen molar-refractivity contribution < 1.29 is 0 Å². The number of hydrogen-bond donors (Lipinski definition) is 2. The number of nitrogens with one attached hydrogen (secondary N) is 2. The normalized spacial score (nSPS) is 17.8. The molecule has 0 spiro atoms. The van der Waals surface area contributed by atoms with Gasteiger partial charge in [0.25, 0.3) is 0 Å². The summed E-state index contributed by atoms with van der Waals surface area (Å²) in [4.78, 5) is 16.9. The third-order valence-corrected chi connectivity index (χ3v) is 5.15. The van der Waals surface area contributed by atoms with Crippen LogP contribution < -0.4 is 15.5 Å². The Morgan fingerprint density at radius 2 is 2.36 bits per heavy atom. The fourth-order valence-corrected chi connectivity index (χ4v) is 3.77. The number of aromatic nitrogens is 2. The van der Waals surface area contributed by atoms with E-state index in [4.69, 9.17) is 11.6 Å². The molecular weight excluding hydrogens is 356 g/mol. The van der Waals surface area contributed by atoms with Gasteiger partial charge in [0, 0.05) is 42.9 Å². The van der Waals surface area contributed by atoms with Crippen molar-refractivity contribution >= 4 is 34.7 Å². The topological polar surface area (TPSA) is 65.4 Å². The molecular formula is C17H23ClN6S. The van der Waals surface area contributed by atoms with Crippen molar-refractivity contribution in [3.05, 3.63) is 39.4 Å². The van der Waals surface area contributed by atoms with Crippen molar-refractivity contribution in [1.82, 2.24) is 20.6 Å². The molecule has 6 nitrogen and oxygen atoms in total. The molecule has 3 heterocycles. The van der Waals surface area contributed by atoms with E-state index in [-0.39, 0.29) is 0 Å². The van der Waals surface area contributed by atoms with Gasteiger partial charge in [-0.2, -0.15) is 0 Å². The summed E-state index contributed by atoms with van der Waals surface area (Å²) < 4.78 is 0. The molecule has 134 valence electrons. The fraction of sp³-hybridized carbons (Fsp3) is 0.471. The van der Waals surface area contributed by atoms with Gasteiger partial charge < -0.3 is 15.5 Å². The number of thiazole rings is 1. The van der Waals surface area contributed by atoms with Crippen molar-refractivity contribution in [3.8, 4) is 0 Å². The molecule has 3 rings (SSSR count). The standard InChI is InChI=1S/C17H23ClN6S/c1-3-19-17(22-10-15-21-9-12(2)25-15)23-13-6-8-24(11-13)16-14(18)5-4-7-20-16/h4-5,7,9,13H,3,6,8,10-11H2,1-2H3,(H2,19,22,23). The average molecular weight is 379 g/mol. The average Bonchev–Trinajstić information content (AvgIpc) is 3.22. The number of aryl methyl sites for hydroxylation is 1. The quantitative estimate of drug-likeness (QED) is 0.618. The molecule has 8 heteroatoms. The third-order valence-electron chi connectivity index (χ3n) is 3.95. The number of nitrogens with zero attached hydrogens (tertiary/aromatic N) is 4. The van der Waals surface area contributed by atoms with E-state index in [1.54, 1.807) is 17.5 Å². The maximum atomic E-state index is 6.26. The van der Waals surface area contributed by atoms with Crippen LogP contribution in [0.1, 0.15) is 23.2 Å². The summed E-state index contributed by atoms with van der Waals surface area (Å²) in [6.45, 7) is 7.34. The molecule has 2 N–H and O–H groups in total. The van der Waals surface area contributed by atoms with Crippen molar-refractivity contribution in [2.75, 3.05) is 24.5 Å². The maximum Gasteiger partial charge on any atom is 0.191 e. The number of halogens is 1. The Balaban J connectivity index is 1.60. The molecule has 0 aliphatic carbocycles. The van der Waals surface area contributed by atoms with Crippen LogP contribution in [0.2, 0.25) is 5.02 Å². The zero-order chi connectivity index (χ0) is 17.6. The molecule has 2 aromatic heterocycles. The minimum atomic E-state index is 0.314. The minimum absolute atomic E-state index is 0.314. The molecule has 0 bridgehead atoms. The molecule has 2 aromatic rings. The van der Waals surface area contributed by atoms with E-state index in [1.165, 1.54) is 4.88 Å². The van der Waals surface area contributed by atoms with Crippen LogP contribution in [0.25, 0.3) is 0 Å². The van der Waals surface area contributed by atoms with E-state index in [9.17, 15) is 0 Å². The number of anilines is 1. The van der Waals surface area contributed by atoms with Crippen LogP contribution in [0, 0.1) is 6.92 Å². The monoisotopic (exact) mass is 378 g/mol. The summed E-state index contributed by atoms with van der Waals surface area (Å²) in [5, 5.41) is 8.55. The van der Waals surface area contributed by atoms with E-state index in [0.29, 0.717) is 17.6 Å². The van der Waals surface area contributed by atoms with Gasteiger partial charge in [0.2, 0.25) is 0 Å². The van der Waals surface area contributed by atoms with Crippen LogP contribution in [-0.2, 0) is 6.54 Å². The Labute approximate surface area is 157 Å². The van der Waals surface area contributed by atoms with E-state index in [0.717, 1.165) is 42.8 Å². The lowest BCUT2D eigenvalue weighted by atomic mass is 10.3. The second-order valence-electron chi connectivity index (χ2n) is 5.94. The molecule has 1 aliphatic heterocycles. The summed E-state index contributed by atoms with van der Waals surface area (Å²) in [5.41, 5.74) is 0. The van der Waals surface area contributed by atoms with Crippen molar-refractivity contribution in [2.45, 2.75) is 32.9 Å². The summed E-state index contributed by atoms with van der Waals surface area (Å²) in [5.74, 6) is 1.68. The van der Waals surface area contributed by atoms with Crippen LogP contribution >= 0.6 is 22.9 Å². The first-order valence-corrected chi connectivity index (χ1v) is 9.66. The molecule has 1 aliphatic rings. The lowest BCUT2D eigenvalue weighted by molar-refractivity contribution is 0.648. The van der Waals surface area contributed by atoms with Crippen LogP contribution in [0.3, 0.4) is 0 Å². The first-order chi connectivity index (χ1) is 12.2. The predicted octanol–water partition coefficient (Wildman–Crippen LogP) is 2.83. The van der Waals surface area contributed by atoms with Gasteiger partial charge in [-0.3, -0.25) is 0 Å². The first-order valence-electron chi connectivity index (χ1n) is 8.47. The molecule has 1 saturated heterocycles. The molecule has 1 unspecified atom stereocenters. The van der Waals surface area contributed by atoms with Gasteiger partial charge >= 0.3 is 0 Å². The van der Waals surface area contributed by atoms with Gasteiger partial charge in [0.05, 0.1) is 11.6 Å². The summed E-state index contributed by atoms with van der Waals surface area (Å²) in [6.07, 6.45) is 4.69. The second kappa shape index (κ2) is 8.49. The molecule has 0 amide bonds. The molecule has 25 heavy (non-hydrogen) atoms. The van der Waals surface area contributed by atoms with Crippen LogP contribution in [-0.4, -0.2) is 41.6 Å². The Hall–Kier alpha value is -1.86. The second-order valence-corrected chi connectivity index (χ2v) is 7.67. The first kappa shape index (κ1) is 17.9. The predicted molar refractivity (Wildman–Crippen MR) is 105 cm³/mol. The summed E-state index contributed by atoms with van der Waals surface area (Å²) in [7, 11) is 0. The zero-order valence-electron chi connectivity index (χ0n) is 14.5. The largest absolute Gasteiger partial charge is 0.357 e. The van der Waals surface area contributed by atoms with Gasteiger partial charge in [0.1, 0.15) is 10.8 Å². The van der Waals surface area contributed by atoms with Crippen LogP contribution in [0.5, 0.6) is 0 Å². The van der Waals surface area contributed by atoms with Crippen molar-refractivity contribution in [1.29, 1.82) is 0 Å². The lowest BCUT2D eigenvalue weighted by Gasteiger charge is -2.20. The Morgan fingerprint density at radius 3 is 3.08 bits per heavy atom. The smallest absolute Gasteiger partial charge is 0.191 e. The van der Waals surface area contributed by atoms with Crippen LogP contribution in [0.4, 0.5) is 5.82 Å². The van der Waals surface area contributed by atoms with Gasteiger partial charge in [-0.1, -0.05) is 11.6 Å². The third kappa shape index (κ3) is 4.83. The van der Waals surface area contributed by atoms with Crippen molar-refractivity contribution in [3.63, 3.8) is 0 Å². The van der Waals surface area contributed by atoms with Gasteiger partial charge in [-0.05, 0) is 32.4 Å². The number of hydrogen-bond acceptors (Lipinski definition) is 5. The Morgan fingerprint density at radius 1 is 1.48 bits per heavy atom. The molecule has 0 saturated carbocycles. The number of guanidine groups is 1.